The number of hydrogen-bond acceptors (Lipinski definition) is 4. The molecule has 0 N–H and O–H groups in total. The van der Waals surface area contributed by atoms with E-state index in [1.807, 2.05) is 12.1 Å². The predicted octanol–water partition coefficient (Wildman–Crippen LogP) is 3.50. The molecular formula is C22H26N2O2. The number of fused-ring (bicyclic) bond motifs is 3. The Morgan fingerprint density at radius 2 is 2.00 bits per heavy atom. The maximum absolute atomic E-state index is 11.8. The van der Waals surface area contributed by atoms with Crippen LogP contribution in [-0.4, -0.2) is 43.7 Å². The van der Waals surface area contributed by atoms with E-state index in [-0.39, 0.29) is 5.97 Å². The van der Waals surface area contributed by atoms with Crippen LogP contribution in [-0.2, 0) is 17.7 Å². The Bertz CT molecular complexity index is 775. The van der Waals surface area contributed by atoms with Crippen LogP contribution in [0.25, 0.3) is 0 Å². The Morgan fingerprint density at radius 1 is 1.15 bits per heavy atom. The zero-order chi connectivity index (χ0) is 17.9. The minimum absolute atomic E-state index is 0.249. The van der Waals surface area contributed by atoms with Crippen molar-refractivity contribution in [3.63, 3.8) is 0 Å². The number of benzene rings is 2. The van der Waals surface area contributed by atoms with Crippen molar-refractivity contribution in [2.24, 2.45) is 0 Å². The van der Waals surface area contributed by atoms with Crippen LogP contribution in [0, 0.1) is 0 Å². The van der Waals surface area contributed by atoms with Crippen LogP contribution in [0.2, 0.25) is 0 Å². The molecule has 2 aromatic rings. The van der Waals surface area contributed by atoms with E-state index in [0.717, 1.165) is 39.0 Å². The van der Waals surface area contributed by atoms with Gasteiger partial charge in [0.15, 0.2) is 0 Å². The second-order valence-electron chi connectivity index (χ2n) is 7.30. The van der Waals surface area contributed by atoms with Gasteiger partial charge in [0.2, 0.25) is 0 Å². The fourth-order valence-corrected chi connectivity index (χ4v) is 4.31. The number of methoxy groups -OCH3 is 1. The van der Waals surface area contributed by atoms with Crippen LogP contribution >= 0.6 is 0 Å². The van der Waals surface area contributed by atoms with E-state index in [1.54, 1.807) is 0 Å². The normalized spacial score (nSPS) is 20.0. The van der Waals surface area contributed by atoms with Crippen molar-refractivity contribution >= 4 is 11.7 Å². The van der Waals surface area contributed by atoms with Crippen LogP contribution in [0.4, 0.5) is 5.69 Å². The van der Waals surface area contributed by atoms with Gasteiger partial charge in [0, 0.05) is 37.9 Å². The summed E-state index contributed by atoms with van der Waals surface area (Å²) in [7, 11) is 1.44. The molecule has 2 aliphatic rings. The largest absolute Gasteiger partial charge is 0.465 e. The number of ether oxygens (including phenoxy) is 1. The van der Waals surface area contributed by atoms with Crippen molar-refractivity contribution in [1.29, 1.82) is 0 Å². The van der Waals surface area contributed by atoms with Crippen LogP contribution in [0.3, 0.4) is 0 Å². The van der Waals surface area contributed by atoms with Gasteiger partial charge in [0.25, 0.3) is 0 Å². The van der Waals surface area contributed by atoms with Gasteiger partial charge < -0.3 is 9.64 Å². The molecule has 0 saturated carbocycles. The SMILES string of the molecule is COC(=O)c1ccc2c(c1)CCCC1CN(Cc3ccccc3)CCN21. The van der Waals surface area contributed by atoms with Crippen LogP contribution in [0.15, 0.2) is 48.5 Å². The number of esters is 1. The number of hydrogen-bond donors (Lipinski definition) is 0. The lowest BCUT2D eigenvalue weighted by molar-refractivity contribution is 0.0600. The standard InChI is InChI=1S/C22H26N2O2/c1-26-22(25)19-10-11-21-18(14-19)8-5-9-20-16-23(12-13-24(20)21)15-17-6-3-2-4-7-17/h2-4,6-7,10-11,14,20H,5,8-9,12-13,15-16H2,1H3. The third kappa shape index (κ3) is 3.47. The van der Waals surface area contributed by atoms with E-state index in [9.17, 15) is 4.79 Å². The van der Waals surface area contributed by atoms with E-state index in [4.69, 9.17) is 4.74 Å². The maximum atomic E-state index is 11.8. The first-order valence-corrected chi connectivity index (χ1v) is 9.49. The summed E-state index contributed by atoms with van der Waals surface area (Å²) in [6.45, 7) is 4.25. The molecule has 0 aliphatic carbocycles. The summed E-state index contributed by atoms with van der Waals surface area (Å²) in [5.74, 6) is -0.249. The highest BCUT2D eigenvalue weighted by atomic mass is 16.5. The summed E-state index contributed by atoms with van der Waals surface area (Å²) in [6.07, 6.45) is 3.40. The molecule has 4 rings (SSSR count). The molecule has 1 saturated heterocycles. The quantitative estimate of drug-likeness (QED) is 0.793. The molecular weight excluding hydrogens is 324 g/mol. The predicted molar refractivity (Wildman–Crippen MR) is 104 cm³/mol. The highest BCUT2D eigenvalue weighted by molar-refractivity contribution is 5.90. The topological polar surface area (TPSA) is 32.8 Å². The first kappa shape index (κ1) is 17.1. The Morgan fingerprint density at radius 3 is 2.81 bits per heavy atom. The highest BCUT2D eigenvalue weighted by Crippen LogP contribution is 2.32. The molecule has 0 aromatic heterocycles. The van der Waals surface area contributed by atoms with E-state index in [2.05, 4.69) is 46.2 Å². The zero-order valence-corrected chi connectivity index (χ0v) is 15.4. The zero-order valence-electron chi connectivity index (χ0n) is 15.4. The van der Waals surface area contributed by atoms with Crippen molar-refractivity contribution in [2.75, 3.05) is 31.6 Å². The Labute approximate surface area is 155 Å². The molecule has 1 unspecified atom stereocenters. The molecule has 1 fully saturated rings. The van der Waals surface area contributed by atoms with Crippen molar-refractivity contribution in [3.05, 3.63) is 65.2 Å². The smallest absolute Gasteiger partial charge is 0.337 e. The summed E-state index contributed by atoms with van der Waals surface area (Å²) in [4.78, 5) is 17.0. The van der Waals surface area contributed by atoms with Crippen LogP contribution in [0.5, 0.6) is 0 Å². The van der Waals surface area contributed by atoms with Gasteiger partial charge >= 0.3 is 5.97 Å². The molecule has 136 valence electrons. The number of rotatable bonds is 3. The molecule has 2 aromatic carbocycles. The summed E-state index contributed by atoms with van der Waals surface area (Å²) in [6, 6.07) is 17.3. The minimum Gasteiger partial charge on any atom is -0.465 e. The molecule has 1 atom stereocenters. The summed E-state index contributed by atoms with van der Waals surface area (Å²) >= 11 is 0. The first-order chi connectivity index (χ1) is 12.7. The van der Waals surface area contributed by atoms with Gasteiger partial charge in [-0.15, -0.1) is 0 Å². The maximum Gasteiger partial charge on any atom is 0.337 e. The monoisotopic (exact) mass is 350 g/mol. The average Bonchev–Trinajstić information content (AvgIpc) is 2.86. The molecule has 26 heavy (non-hydrogen) atoms. The van der Waals surface area contributed by atoms with Gasteiger partial charge in [-0.3, -0.25) is 4.90 Å². The number of anilines is 1. The highest BCUT2D eigenvalue weighted by Gasteiger charge is 2.30. The molecule has 2 aliphatic heterocycles. The molecule has 0 radical (unpaired) electrons. The summed E-state index contributed by atoms with van der Waals surface area (Å²) in [5, 5.41) is 0. The van der Waals surface area contributed by atoms with Crippen molar-refractivity contribution in [2.45, 2.75) is 31.8 Å². The lowest BCUT2D eigenvalue weighted by Crippen LogP contribution is -2.52. The van der Waals surface area contributed by atoms with Gasteiger partial charge in [-0.1, -0.05) is 30.3 Å². The number of piperazine rings is 1. The van der Waals surface area contributed by atoms with E-state index >= 15 is 0 Å². The molecule has 4 nitrogen and oxygen atoms in total. The number of carbonyl (C=O) groups excluding carboxylic acids is 1. The summed E-state index contributed by atoms with van der Waals surface area (Å²) in [5.41, 5.74) is 4.64. The number of nitrogens with zero attached hydrogens (tertiary/aromatic N) is 2. The number of aryl methyl sites for hydroxylation is 1. The average molecular weight is 350 g/mol. The lowest BCUT2D eigenvalue weighted by atomic mass is 10.0. The van der Waals surface area contributed by atoms with Gasteiger partial charge in [-0.05, 0) is 48.6 Å². The van der Waals surface area contributed by atoms with E-state index in [1.165, 1.54) is 30.3 Å². The van der Waals surface area contributed by atoms with Crippen LogP contribution < -0.4 is 4.90 Å². The van der Waals surface area contributed by atoms with Crippen molar-refractivity contribution in [3.8, 4) is 0 Å². The van der Waals surface area contributed by atoms with Crippen LogP contribution in [0.1, 0.15) is 34.3 Å². The second-order valence-corrected chi connectivity index (χ2v) is 7.30. The second kappa shape index (κ2) is 7.50. The third-order valence-electron chi connectivity index (χ3n) is 5.61. The third-order valence-corrected chi connectivity index (χ3v) is 5.61. The molecule has 0 spiro atoms. The molecule has 0 bridgehead atoms. The number of carbonyl (C=O) groups is 1. The lowest BCUT2D eigenvalue weighted by Gasteiger charge is -2.42. The van der Waals surface area contributed by atoms with Gasteiger partial charge in [-0.25, -0.2) is 4.79 Å². The Balaban J connectivity index is 1.51. The minimum atomic E-state index is -0.249. The van der Waals surface area contributed by atoms with Gasteiger partial charge in [-0.2, -0.15) is 0 Å². The molecule has 0 amide bonds. The first-order valence-electron chi connectivity index (χ1n) is 9.49. The van der Waals surface area contributed by atoms with Crippen molar-refractivity contribution in [1.82, 2.24) is 4.90 Å². The van der Waals surface area contributed by atoms with E-state index in [0.29, 0.717) is 11.6 Å². The van der Waals surface area contributed by atoms with Gasteiger partial charge in [0.05, 0.1) is 12.7 Å². The Kier molecular flexibility index (Phi) is 4.93. The summed E-state index contributed by atoms with van der Waals surface area (Å²) < 4.78 is 4.88. The Hall–Kier alpha value is -2.33. The van der Waals surface area contributed by atoms with Gasteiger partial charge in [0.1, 0.15) is 0 Å². The molecule has 4 heteroatoms. The fraction of sp³-hybridized carbons (Fsp3) is 0.409. The van der Waals surface area contributed by atoms with E-state index < -0.39 is 0 Å². The molecule has 2 heterocycles. The fourth-order valence-electron chi connectivity index (χ4n) is 4.31. The van der Waals surface area contributed by atoms with Crippen molar-refractivity contribution < 1.29 is 9.53 Å².